The van der Waals surface area contributed by atoms with Gasteiger partial charge in [0.05, 0.1) is 13.2 Å². The summed E-state index contributed by atoms with van der Waals surface area (Å²) in [5.74, 6) is 0.0361. The van der Waals surface area contributed by atoms with Crippen molar-refractivity contribution in [3.05, 3.63) is 16.6 Å². The second-order valence-electron chi connectivity index (χ2n) is 5.21. The van der Waals surface area contributed by atoms with Gasteiger partial charge >= 0.3 is 0 Å². The predicted octanol–water partition coefficient (Wildman–Crippen LogP) is 0.871. The molecule has 0 spiro atoms. The molecular formula is C14H23N3O3S. The van der Waals surface area contributed by atoms with Gasteiger partial charge in [-0.3, -0.25) is 9.69 Å². The van der Waals surface area contributed by atoms with E-state index >= 15 is 0 Å². The summed E-state index contributed by atoms with van der Waals surface area (Å²) in [4.78, 5) is 17.5. The van der Waals surface area contributed by atoms with Gasteiger partial charge in [-0.1, -0.05) is 0 Å². The molecule has 7 heteroatoms. The van der Waals surface area contributed by atoms with Crippen LogP contribution in [0, 0.1) is 6.92 Å². The SMILES string of the molecule is COCCN(CCOC)C1CN(C(=O)c2cc(C)sn2)C1. The summed E-state index contributed by atoms with van der Waals surface area (Å²) in [6.45, 7) is 6.58. The van der Waals surface area contributed by atoms with Crippen LogP contribution in [0.15, 0.2) is 6.07 Å². The van der Waals surface area contributed by atoms with E-state index in [2.05, 4.69) is 9.27 Å². The van der Waals surface area contributed by atoms with Crippen LogP contribution in [0.5, 0.6) is 0 Å². The van der Waals surface area contributed by atoms with E-state index in [4.69, 9.17) is 9.47 Å². The molecule has 0 saturated carbocycles. The topological polar surface area (TPSA) is 54.9 Å². The molecule has 0 atom stereocenters. The van der Waals surface area contributed by atoms with Gasteiger partial charge in [0.2, 0.25) is 0 Å². The Morgan fingerprint density at radius 1 is 1.38 bits per heavy atom. The number of amides is 1. The van der Waals surface area contributed by atoms with Gasteiger partial charge in [-0.25, -0.2) is 0 Å². The third kappa shape index (κ3) is 4.23. The van der Waals surface area contributed by atoms with Crippen molar-refractivity contribution in [2.45, 2.75) is 13.0 Å². The van der Waals surface area contributed by atoms with Crippen LogP contribution in [0.2, 0.25) is 0 Å². The Kier molecular flexibility index (Phi) is 6.10. The quantitative estimate of drug-likeness (QED) is 0.713. The van der Waals surface area contributed by atoms with Crippen LogP contribution in [0.1, 0.15) is 15.4 Å². The van der Waals surface area contributed by atoms with E-state index in [1.54, 1.807) is 14.2 Å². The van der Waals surface area contributed by atoms with E-state index in [9.17, 15) is 4.79 Å². The maximum atomic E-state index is 12.2. The first-order chi connectivity index (χ1) is 10.2. The molecule has 1 saturated heterocycles. The minimum absolute atomic E-state index is 0.0361. The number of aryl methyl sites for hydroxylation is 1. The maximum Gasteiger partial charge on any atom is 0.273 e. The molecule has 0 N–H and O–H groups in total. The Morgan fingerprint density at radius 3 is 2.48 bits per heavy atom. The van der Waals surface area contributed by atoms with E-state index in [-0.39, 0.29) is 5.91 Å². The highest BCUT2D eigenvalue weighted by Gasteiger charge is 2.35. The first kappa shape index (κ1) is 16.4. The summed E-state index contributed by atoms with van der Waals surface area (Å²) >= 11 is 1.37. The number of aromatic nitrogens is 1. The van der Waals surface area contributed by atoms with Crippen LogP contribution >= 0.6 is 11.5 Å². The second-order valence-corrected chi connectivity index (χ2v) is 6.22. The number of hydrogen-bond acceptors (Lipinski definition) is 6. The maximum absolute atomic E-state index is 12.2. The van der Waals surface area contributed by atoms with Crippen molar-refractivity contribution in [3.8, 4) is 0 Å². The Labute approximate surface area is 129 Å². The summed E-state index contributed by atoms with van der Waals surface area (Å²) in [7, 11) is 3.41. The number of nitrogens with zero attached hydrogens (tertiary/aromatic N) is 3. The van der Waals surface area contributed by atoms with Gasteiger partial charge in [0.15, 0.2) is 0 Å². The van der Waals surface area contributed by atoms with Gasteiger partial charge in [-0.15, -0.1) is 0 Å². The van der Waals surface area contributed by atoms with Crippen molar-refractivity contribution < 1.29 is 14.3 Å². The highest BCUT2D eigenvalue weighted by atomic mass is 32.1. The van der Waals surface area contributed by atoms with Gasteiger partial charge in [0.1, 0.15) is 5.69 Å². The number of carbonyl (C=O) groups is 1. The average Bonchev–Trinajstić information content (AvgIpc) is 2.86. The van der Waals surface area contributed by atoms with Crippen LogP contribution in [0.25, 0.3) is 0 Å². The summed E-state index contributed by atoms with van der Waals surface area (Å²) in [6, 6.07) is 2.24. The highest BCUT2D eigenvalue weighted by molar-refractivity contribution is 7.05. The van der Waals surface area contributed by atoms with Crippen LogP contribution in [-0.2, 0) is 9.47 Å². The number of ether oxygens (including phenoxy) is 2. The van der Waals surface area contributed by atoms with Gasteiger partial charge in [0, 0.05) is 51.3 Å². The number of likely N-dealkylation sites (tertiary alicyclic amines) is 1. The molecule has 0 unspecified atom stereocenters. The van der Waals surface area contributed by atoms with E-state index < -0.39 is 0 Å². The summed E-state index contributed by atoms with van der Waals surface area (Å²) < 4.78 is 14.5. The smallest absolute Gasteiger partial charge is 0.273 e. The lowest BCUT2D eigenvalue weighted by Gasteiger charge is -2.45. The summed E-state index contributed by atoms with van der Waals surface area (Å²) in [6.07, 6.45) is 0. The first-order valence-corrected chi connectivity index (χ1v) is 7.87. The lowest BCUT2D eigenvalue weighted by atomic mass is 10.1. The van der Waals surface area contributed by atoms with Crippen molar-refractivity contribution in [2.75, 3.05) is 53.6 Å². The van der Waals surface area contributed by atoms with Crippen LogP contribution in [0.3, 0.4) is 0 Å². The molecule has 2 rings (SSSR count). The molecule has 1 aliphatic rings. The molecule has 0 bridgehead atoms. The molecule has 1 aromatic heterocycles. The third-order valence-corrected chi connectivity index (χ3v) is 4.37. The minimum atomic E-state index is 0.0361. The average molecular weight is 313 g/mol. The molecule has 118 valence electrons. The summed E-state index contributed by atoms with van der Waals surface area (Å²) in [5.41, 5.74) is 0.566. The lowest BCUT2D eigenvalue weighted by molar-refractivity contribution is 0.00912. The fraction of sp³-hybridized carbons (Fsp3) is 0.714. The standard InChI is InChI=1S/C14H23N3O3S/c1-11-8-13(15-21-11)14(18)17-9-12(10-17)16(4-6-19-2)5-7-20-3/h8,12H,4-7,9-10H2,1-3H3. The van der Waals surface area contributed by atoms with Crippen molar-refractivity contribution in [2.24, 2.45) is 0 Å². The van der Waals surface area contributed by atoms with Crippen molar-refractivity contribution >= 4 is 17.4 Å². The Hall–Kier alpha value is -1.02. The Balaban J connectivity index is 1.83. The highest BCUT2D eigenvalue weighted by Crippen LogP contribution is 2.19. The van der Waals surface area contributed by atoms with E-state index in [1.165, 1.54) is 11.5 Å². The Bertz CT molecular complexity index is 452. The molecule has 1 aromatic rings. The van der Waals surface area contributed by atoms with Gasteiger partial charge in [-0.05, 0) is 24.5 Å². The molecular weight excluding hydrogens is 290 g/mol. The zero-order chi connectivity index (χ0) is 15.2. The number of hydrogen-bond donors (Lipinski definition) is 0. The summed E-state index contributed by atoms with van der Waals surface area (Å²) in [5, 5.41) is 0. The van der Waals surface area contributed by atoms with E-state index in [1.807, 2.05) is 17.9 Å². The molecule has 0 aromatic carbocycles. The normalized spacial score (nSPS) is 15.5. The zero-order valence-corrected chi connectivity index (χ0v) is 13.7. The molecule has 21 heavy (non-hydrogen) atoms. The monoisotopic (exact) mass is 313 g/mol. The minimum Gasteiger partial charge on any atom is -0.383 e. The number of carbonyl (C=O) groups excluding carboxylic acids is 1. The van der Waals surface area contributed by atoms with Crippen molar-refractivity contribution in [1.82, 2.24) is 14.2 Å². The number of methoxy groups -OCH3 is 2. The Morgan fingerprint density at radius 2 is 2.00 bits per heavy atom. The molecule has 1 fully saturated rings. The van der Waals surface area contributed by atoms with Gasteiger partial charge in [-0.2, -0.15) is 4.37 Å². The molecule has 1 amide bonds. The molecule has 1 aliphatic heterocycles. The fourth-order valence-corrected chi connectivity index (χ4v) is 2.91. The van der Waals surface area contributed by atoms with Crippen LogP contribution in [0.4, 0.5) is 0 Å². The molecule has 0 aliphatic carbocycles. The third-order valence-electron chi connectivity index (χ3n) is 3.68. The predicted molar refractivity (Wildman–Crippen MR) is 81.9 cm³/mol. The molecule has 6 nitrogen and oxygen atoms in total. The van der Waals surface area contributed by atoms with Crippen molar-refractivity contribution in [1.29, 1.82) is 0 Å². The largest absolute Gasteiger partial charge is 0.383 e. The van der Waals surface area contributed by atoms with E-state index in [0.29, 0.717) is 24.9 Å². The fourth-order valence-electron chi connectivity index (χ4n) is 2.38. The lowest BCUT2D eigenvalue weighted by Crippen LogP contribution is -2.62. The number of rotatable bonds is 8. The zero-order valence-electron chi connectivity index (χ0n) is 12.9. The van der Waals surface area contributed by atoms with Crippen LogP contribution in [-0.4, -0.2) is 79.7 Å². The van der Waals surface area contributed by atoms with Crippen molar-refractivity contribution in [3.63, 3.8) is 0 Å². The molecule has 0 radical (unpaired) electrons. The first-order valence-electron chi connectivity index (χ1n) is 7.10. The van der Waals surface area contributed by atoms with Gasteiger partial charge < -0.3 is 14.4 Å². The molecule has 2 heterocycles. The van der Waals surface area contributed by atoms with E-state index in [0.717, 1.165) is 31.1 Å². The van der Waals surface area contributed by atoms with Crippen LogP contribution < -0.4 is 0 Å². The van der Waals surface area contributed by atoms with Gasteiger partial charge in [0.25, 0.3) is 5.91 Å². The second kappa shape index (κ2) is 7.84.